The molecule has 0 radical (unpaired) electrons. The summed E-state index contributed by atoms with van der Waals surface area (Å²) in [5, 5.41) is 9.57. The summed E-state index contributed by atoms with van der Waals surface area (Å²) >= 11 is 0. The van der Waals surface area contributed by atoms with Gasteiger partial charge >= 0.3 is 0 Å². The van der Waals surface area contributed by atoms with Gasteiger partial charge in [0, 0.05) is 22.0 Å². The summed E-state index contributed by atoms with van der Waals surface area (Å²) < 4.78 is 6.81. The summed E-state index contributed by atoms with van der Waals surface area (Å²) in [7, 11) is 0. The summed E-state index contributed by atoms with van der Waals surface area (Å²) in [4.78, 5) is 2.37. The van der Waals surface area contributed by atoms with E-state index in [1.807, 2.05) is 6.07 Å². The average Bonchev–Trinajstić information content (AvgIpc) is 3.67. The van der Waals surface area contributed by atoms with Gasteiger partial charge < -0.3 is 9.32 Å². The van der Waals surface area contributed by atoms with Crippen molar-refractivity contribution >= 4 is 71.3 Å². The maximum atomic E-state index is 6.81. The number of rotatable bonds is 6. The van der Waals surface area contributed by atoms with Crippen molar-refractivity contribution < 1.29 is 4.42 Å². The minimum Gasteiger partial charge on any atom is -0.454 e. The number of hydrogen-bond acceptors (Lipinski definition) is 2. The van der Waals surface area contributed by atoms with E-state index in [-0.39, 0.29) is 0 Å². The maximum absolute atomic E-state index is 6.81. The van der Waals surface area contributed by atoms with Gasteiger partial charge in [-0.25, -0.2) is 0 Å². The van der Waals surface area contributed by atoms with Gasteiger partial charge in [-0.05, 0) is 109 Å². The molecule has 262 valence electrons. The molecule has 0 bridgehead atoms. The fraction of sp³-hybridized carbons (Fsp3) is 0. The molecule has 56 heavy (non-hydrogen) atoms. The molecule has 11 rings (SSSR count). The zero-order valence-electron chi connectivity index (χ0n) is 30.6. The molecule has 0 amide bonds. The van der Waals surface area contributed by atoms with Crippen molar-refractivity contribution in [1.82, 2.24) is 0 Å². The molecule has 0 unspecified atom stereocenters. The van der Waals surface area contributed by atoms with Gasteiger partial charge in [0.15, 0.2) is 5.58 Å². The van der Waals surface area contributed by atoms with Crippen molar-refractivity contribution in [2.45, 2.75) is 0 Å². The molecule has 0 aliphatic rings. The number of furan rings is 1. The molecule has 0 fully saturated rings. The molecule has 0 aliphatic heterocycles. The van der Waals surface area contributed by atoms with Gasteiger partial charge in [0.25, 0.3) is 0 Å². The minimum atomic E-state index is 0.870. The summed E-state index contributed by atoms with van der Waals surface area (Å²) in [6.07, 6.45) is 0. The third kappa shape index (κ3) is 5.42. The van der Waals surface area contributed by atoms with E-state index in [9.17, 15) is 0 Å². The predicted molar refractivity (Wildman–Crippen MR) is 237 cm³/mol. The van der Waals surface area contributed by atoms with E-state index < -0.39 is 0 Å². The normalized spacial score (nSPS) is 11.6. The summed E-state index contributed by atoms with van der Waals surface area (Å²) in [5.41, 5.74) is 12.0. The van der Waals surface area contributed by atoms with Gasteiger partial charge in [-0.15, -0.1) is 0 Å². The predicted octanol–water partition coefficient (Wildman–Crippen LogP) is 15.5. The Hall–Kier alpha value is -7.42. The monoisotopic (exact) mass is 713 g/mol. The van der Waals surface area contributed by atoms with Crippen molar-refractivity contribution in [3.05, 3.63) is 212 Å². The lowest BCUT2D eigenvalue weighted by atomic mass is 9.96. The second-order valence-electron chi connectivity index (χ2n) is 14.5. The van der Waals surface area contributed by atoms with Crippen molar-refractivity contribution in [2.24, 2.45) is 0 Å². The van der Waals surface area contributed by atoms with Crippen LogP contribution in [0.3, 0.4) is 0 Å². The highest BCUT2D eigenvalue weighted by Crippen LogP contribution is 2.48. The van der Waals surface area contributed by atoms with Crippen LogP contribution in [0.15, 0.2) is 217 Å². The van der Waals surface area contributed by atoms with Crippen LogP contribution < -0.4 is 4.90 Å². The highest BCUT2D eigenvalue weighted by Gasteiger charge is 2.23. The number of para-hydroxylation sites is 2. The van der Waals surface area contributed by atoms with Crippen LogP contribution in [-0.4, -0.2) is 0 Å². The van der Waals surface area contributed by atoms with E-state index >= 15 is 0 Å². The molecule has 0 saturated heterocycles. The number of benzene rings is 10. The first kappa shape index (κ1) is 32.0. The Bertz CT molecular complexity index is 3250. The fourth-order valence-corrected chi connectivity index (χ4v) is 8.44. The third-order valence-corrected chi connectivity index (χ3v) is 11.2. The van der Waals surface area contributed by atoms with Crippen LogP contribution in [0.5, 0.6) is 0 Å². The second kappa shape index (κ2) is 13.2. The van der Waals surface area contributed by atoms with Crippen LogP contribution in [0, 0.1) is 0 Å². The third-order valence-electron chi connectivity index (χ3n) is 11.2. The summed E-state index contributed by atoms with van der Waals surface area (Å²) in [6.45, 7) is 0. The van der Waals surface area contributed by atoms with E-state index in [1.54, 1.807) is 0 Å². The lowest BCUT2D eigenvalue weighted by Crippen LogP contribution is -2.11. The molecule has 11 aromatic rings. The quantitative estimate of drug-likeness (QED) is 0.171. The van der Waals surface area contributed by atoms with Crippen LogP contribution in [-0.2, 0) is 0 Å². The largest absolute Gasteiger partial charge is 0.454 e. The molecule has 0 atom stereocenters. The minimum absolute atomic E-state index is 0.870. The van der Waals surface area contributed by atoms with Gasteiger partial charge in [0.2, 0.25) is 0 Å². The maximum Gasteiger partial charge on any atom is 0.160 e. The molecule has 2 heteroatoms. The Kier molecular flexibility index (Phi) is 7.53. The highest BCUT2D eigenvalue weighted by atomic mass is 16.3. The van der Waals surface area contributed by atoms with Gasteiger partial charge in [-0.1, -0.05) is 164 Å². The lowest BCUT2D eigenvalue weighted by Gasteiger charge is -2.28. The van der Waals surface area contributed by atoms with E-state index in [2.05, 4.69) is 211 Å². The molecule has 1 aromatic heterocycles. The molecule has 0 N–H and O–H groups in total. The molecular formula is C54H35NO. The van der Waals surface area contributed by atoms with E-state index in [4.69, 9.17) is 4.42 Å². The van der Waals surface area contributed by atoms with Gasteiger partial charge in [0.1, 0.15) is 5.58 Å². The van der Waals surface area contributed by atoms with Crippen LogP contribution in [0.1, 0.15) is 0 Å². The molecule has 2 nitrogen and oxygen atoms in total. The highest BCUT2D eigenvalue weighted by molar-refractivity contribution is 6.23. The fourth-order valence-electron chi connectivity index (χ4n) is 8.44. The number of fused-ring (bicyclic) bond motifs is 7. The van der Waals surface area contributed by atoms with Gasteiger partial charge in [0.05, 0.1) is 11.4 Å². The zero-order valence-corrected chi connectivity index (χ0v) is 30.6. The van der Waals surface area contributed by atoms with Crippen LogP contribution in [0.4, 0.5) is 17.1 Å². The van der Waals surface area contributed by atoms with E-state index in [1.165, 1.54) is 49.0 Å². The topological polar surface area (TPSA) is 16.4 Å². The first-order valence-electron chi connectivity index (χ1n) is 19.2. The summed E-state index contributed by atoms with van der Waals surface area (Å²) in [6, 6.07) is 76.4. The first-order chi connectivity index (χ1) is 27.7. The molecule has 0 spiro atoms. The zero-order chi connectivity index (χ0) is 37.0. The van der Waals surface area contributed by atoms with Crippen molar-refractivity contribution in [3.63, 3.8) is 0 Å². The molecular weight excluding hydrogens is 679 g/mol. The van der Waals surface area contributed by atoms with Crippen molar-refractivity contribution in [2.75, 3.05) is 4.90 Å². The molecule has 0 aliphatic carbocycles. The first-order valence-corrected chi connectivity index (χ1v) is 19.2. The van der Waals surface area contributed by atoms with E-state index in [0.717, 1.165) is 55.7 Å². The SMILES string of the molecule is c1ccc(-c2ccccc2N(c2ccc(-c3ccc4cc(-c5ccc6ccccc6c5)ccc4c3)cc2)c2cc3ccccc3c3c2oc2ccccc23)cc1. The lowest BCUT2D eigenvalue weighted by molar-refractivity contribution is 0.669. The molecule has 0 saturated carbocycles. The number of nitrogens with zero attached hydrogens (tertiary/aromatic N) is 1. The van der Waals surface area contributed by atoms with Gasteiger partial charge in [-0.2, -0.15) is 0 Å². The molecule has 10 aromatic carbocycles. The summed E-state index contributed by atoms with van der Waals surface area (Å²) in [5.74, 6) is 0. The van der Waals surface area contributed by atoms with Crippen molar-refractivity contribution in [1.29, 1.82) is 0 Å². The Morgan fingerprint density at radius 2 is 0.857 bits per heavy atom. The molecule has 1 heterocycles. The van der Waals surface area contributed by atoms with Crippen molar-refractivity contribution in [3.8, 4) is 33.4 Å². The average molecular weight is 714 g/mol. The van der Waals surface area contributed by atoms with Crippen LogP contribution in [0.25, 0.3) is 87.6 Å². The van der Waals surface area contributed by atoms with Crippen LogP contribution >= 0.6 is 0 Å². The smallest absolute Gasteiger partial charge is 0.160 e. The Morgan fingerprint density at radius 1 is 0.321 bits per heavy atom. The number of hydrogen-bond donors (Lipinski definition) is 0. The Balaban J connectivity index is 1.04. The van der Waals surface area contributed by atoms with Crippen LogP contribution in [0.2, 0.25) is 0 Å². The number of anilines is 3. The van der Waals surface area contributed by atoms with E-state index in [0.29, 0.717) is 0 Å². The Morgan fingerprint density at radius 3 is 1.61 bits per heavy atom. The standard InChI is InChI=1S/C54H35NO/c1-2-13-38(14-3-1)47-17-8-10-20-50(47)55(51-35-45-16-6-7-18-48(45)53-49-19-9-11-21-52(49)56-54(51)53)46-30-28-37(29-31-46)40-24-25-43-34-44(27-26-42(43)33-40)41-23-22-36-12-4-5-15-39(36)32-41/h1-35H. The van der Waals surface area contributed by atoms with Gasteiger partial charge in [-0.3, -0.25) is 0 Å². The Labute approximate surface area is 325 Å². The second-order valence-corrected chi connectivity index (χ2v) is 14.5.